The number of nitrogens with one attached hydrogen (secondary N) is 2. The smallest absolute Gasteiger partial charge is 0.257 e. The van der Waals surface area contributed by atoms with Crippen LogP contribution in [-0.2, 0) is 0 Å². The van der Waals surface area contributed by atoms with Crippen molar-refractivity contribution in [3.8, 4) is 22.9 Å². The average molecular weight is 462 g/mol. The Labute approximate surface area is 194 Å². The molecule has 1 amide bonds. The first-order chi connectivity index (χ1) is 16.1. The Morgan fingerprint density at radius 1 is 0.970 bits per heavy atom. The van der Waals surface area contributed by atoms with E-state index in [-0.39, 0.29) is 11.0 Å². The molecule has 1 aliphatic heterocycles. The van der Waals surface area contributed by atoms with Crippen molar-refractivity contribution < 1.29 is 19.0 Å². The molecule has 0 fully saturated rings. The Balaban J connectivity index is 1.27. The number of aromatic nitrogens is 3. The van der Waals surface area contributed by atoms with E-state index in [1.807, 2.05) is 42.5 Å². The third-order valence-electron chi connectivity index (χ3n) is 4.97. The van der Waals surface area contributed by atoms with Crippen LogP contribution in [0.3, 0.4) is 0 Å². The predicted molar refractivity (Wildman–Crippen MR) is 127 cm³/mol. The highest BCUT2D eigenvalue weighted by Crippen LogP contribution is 2.30. The lowest BCUT2D eigenvalue weighted by molar-refractivity contribution is 0.0976. The van der Waals surface area contributed by atoms with Gasteiger partial charge in [-0.3, -0.25) is 10.1 Å². The molecule has 0 unspecified atom stereocenters. The molecular weight excluding hydrogens is 442 g/mol. The predicted octanol–water partition coefficient (Wildman–Crippen LogP) is 3.33. The molecule has 33 heavy (non-hydrogen) atoms. The first kappa shape index (κ1) is 20.7. The van der Waals surface area contributed by atoms with Gasteiger partial charge in [-0.25, -0.2) is 0 Å². The van der Waals surface area contributed by atoms with E-state index in [1.54, 1.807) is 30.1 Å². The topological polar surface area (TPSA) is 99.5 Å². The number of nitrogens with zero attached hydrogens (tertiary/aromatic N) is 3. The molecule has 0 bridgehead atoms. The van der Waals surface area contributed by atoms with Crippen LogP contribution in [0.2, 0.25) is 0 Å². The monoisotopic (exact) mass is 461 g/mol. The number of methoxy groups -OCH3 is 1. The van der Waals surface area contributed by atoms with Crippen molar-refractivity contribution in [3.63, 3.8) is 0 Å². The van der Waals surface area contributed by atoms with E-state index in [0.29, 0.717) is 41.5 Å². The third kappa shape index (κ3) is 4.41. The lowest BCUT2D eigenvalue weighted by atomic mass is 10.2. The van der Waals surface area contributed by atoms with Gasteiger partial charge in [-0.15, -0.1) is 10.2 Å². The van der Waals surface area contributed by atoms with Gasteiger partial charge in [0.05, 0.1) is 12.8 Å². The summed E-state index contributed by atoms with van der Waals surface area (Å²) in [6.45, 7) is 0.939. The van der Waals surface area contributed by atoms with E-state index in [2.05, 4.69) is 20.8 Å². The summed E-state index contributed by atoms with van der Waals surface area (Å²) in [5, 5.41) is 14.9. The second kappa shape index (κ2) is 8.75. The second-order valence-corrected chi connectivity index (χ2v) is 7.57. The van der Waals surface area contributed by atoms with Crippen molar-refractivity contribution >= 4 is 40.0 Å². The fraction of sp³-hybridized carbons (Fsp3) is 0.130. The molecule has 2 heterocycles. The Hall–Kier alpha value is -4.18. The van der Waals surface area contributed by atoms with Crippen LogP contribution in [0.5, 0.6) is 17.2 Å². The standard InChI is InChI=1S/C23H19N5O4S/c1-30-17-6-4-16(5-7-17)28-26-18-8-3-15(13-19(18)27-28)24-23(33)25-22(29)14-2-9-20-21(12-14)32-11-10-31-20/h2-9,12-13H,10-11H2,1H3,(H2,24,25,29,33). The van der Waals surface area contributed by atoms with Gasteiger partial charge in [0.1, 0.15) is 30.0 Å². The van der Waals surface area contributed by atoms with Gasteiger partial charge in [0.2, 0.25) is 0 Å². The van der Waals surface area contributed by atoms with Crippen LogP contribution in [0, 0.1) is 0 Å². The second-order valence-electron chi connectivity index (χ2n) is 7.16. The number of thiocarbonyl (C=S) groups is 1. The quantitative estimate of drug-likeness (QED) is 0.447. The van der Waals surface area contributed by atoms with Crippen LogP contribution >= 0.6 is 12.2 Å². The van der Waals surface area contributed by atoms with E-state index in [0.717, 1.165) is 17.0 Å². The summed E-state index contributed by atoms with van der Waals surface area (Å²) in [4.78, 5) is 14.1. The molecule has 0 radical (unpaired) electrons. The molecule has 1 aliphatic rings. The van der Waals surface area contributed by atoms with Gasteiger partial charge < -0.3 is 19.5 Å². The van der Waals surface area contributed by atoms with E-state index in [4.69, 9.17) is 26.4 Å². The van der Waals surface area contributed by atoms with Gasteiger partial charge in [0, 0.05) is 11.3 Å². The van der Waals surface area contributed by atoms with Gasteiger partial charge in [-0.05, 0) is 72.9 Å². The van der Waals surface area contributed by atoms with Gasteiger partial charge in [0.25, 0.3) is 5.91 Å². The maximum atomic E-state index is 12.6. The van der Waals surface area contributed by atoms with Crippen molar-refractivity contribution in [2.24, 2.45) is 0 Å². The van der Waals surface area contributed by atoms with Gasteiger partial charge in [0.15, 0.2) is 16.6 Å². The molecule has 9 nitrogen and oxygen atoms in total. The largest absolute Gasteiger partial charge is 0.497 e. The van der Waals surface area contributed by atoms with E-state index < -0.39 is 0 Å². The highest BCUT2D eigenvalue weighted by molar-refractivity contribution is 7.80. The summed E-state index contributed by atoms with van der Waals surface area (Å²) >= 11 is 5.31. The minimum Gasteiger partial charge on any atom is -0.497 e. The third-order valence-corrected chi connectivity index (χ3v) is 5.18. The van der Waals surface area contributed by atoms with Crippen LogP contribution in [0.1, 0.15) is 10.4 Å². The van der Waals surface area contributed by atoms with Gasteiger partial charge >= 0.3 is 0 Å². The number of benzene rings is 3. The normalized spacial score (nSPS) is 12.3. The molecule has 0 spiro atoms. The number of hydrogen-bond donors (Lipinski definition) is 2. The highest BCUT2D eigenvalue weighted by Gasteiger charge is 2.16. The number of carbonyl (C=O) groups excluding carboxylic acids is 1. The van der Waals surface area contributed by atoms with Crippen LogP contribution in [0.25, 0.3) is 16.7 Å². The summed E-state index contributed by atoms with van der Waals surface area (Å²) in [6, 6.07) is 17.9. The lowest BCUT2D eigenvalue weighted by Gasteiger charge is -2.18. The fourth-order valence-corrected chi connectivity index (χ4v) is 3.56. The molecule has 4 aromatic rings. The summed E-state index contributed by atoms with van der Waals surface area (Å²) in [7, 11) is 1.62. The Morgan fingerprint density at radius 3 is 2.52 bits per heavy atom. The zero-order valence-corrected chi connectivity index (χ0v) is 18.4. The number of fused-ring (bicyclic) bond motifs is 2. The maximum absolute atomic E-state index is 12.6. The molecule has 3 aromatic carbocycles. The molecule has 0 atom stereocenters. The molecule has 166 valence electrons. The number of hydrogen-bond acceptors (Lipinski definition) is 7. The summed E-state index contributed by atoms with van der Waals surface area (Å²) < 4.78 is 16.2. The zero-order valence-electron chi connectivity index (χ0n) is 17.6. The number of rotatable bonds is 4. The van der Waals surface area contributed by atoms with Crippen LogP contribution in [0.4, 0.5) is 5.69 Å². The first-order valence-corrected chi connectivity index (χ1v) is 10.5. The molecule has 5 rings (SSSR count). The van der Waals surface area contributed by atoms with Crippen molar-refractivity contribution in [2.45, 2.75) is 0 Å². The Kier molecular flexibility index (Phi) is 5.49. The van der Waals surface area contributed by atoms with Crippen molar-refractivity contribution in [1.82, 2.24) is 20.3 Å². The van der Waals surface area contributed by atoms with Crippen LogP contribution < -0.4 is 24.8 Å². The molecule has 0 saturated heterocycles. The molecule has 0 aliphatic carbocycles. The molecule has 2 N–H and O–H groups in total. The molecule has 0 saturated carbocycles. The van der Waals surface area contributed by atoms with Crippen LogP contribution in [0.15, 0.2) is 60.7 Å². The minimum atomic E-state index is -0.351. The van der Waals surface area contributed by atoms with Crippen molar-refractivity contribution in [3.05, 3.63) is 66.2 Å². The van der Waals surface area contributed by atoms with Gasteiger partial charge in [-0.1, -0.05) is 0 Å². The van der Waals surface area contributed by atoms with Crippen molar-refractivity contribution in [1.29, 1.82) is 0 Å². The summed E-state index contributed by atoms with van der Waals surface area (Å²) in [6.07, 6.45) is 0. The minimum absolute atomic E-state index is 0.164. The number of anilines is 1. The molecular formula is C23H19N5O4S. The van der Waals surface area contributed by atoms with E-state index >= 15 is 0 Å². The Morgan fingerprint density at radius 2 is 1.73 bits per heavy atom. The first-order valence-electron chi connectivity index (χ1n) is 10.1. The lowest BCUT2D eigenvalue weighted by Crippen LogP contribution is -2.34. The fourth-order valence-electron chi connectivity index (χ4n) is 3.35. The zero-order chi connectivity index (χ0) is 22.8. The maximum Gasteiger partial charge on any atom is 0.257 e. The van der Waals surface area contributed by atoms with E-state index in [9.17, 15) is 4.79 Å². The SMILES string of the molecule is COc1ccc(-n2nc3ccc(NC(=S)NC(=O)c4ccc5c(c4)OCCO5)cc3n2)cc1. The Bertz CT molecular complexity index is 1350. The van der Waals surface area contributed by atoms with E-state index in [1.165, 1.54) is 0 Å². The van der Waals surface area contributed by atoms with Crippen LogP contribution in [-0.4, -0.2) is 46.3 Å². The highest BCUT2D eigenvalue weighted by atomic mass is 32.1. The number of amides is 1. The average Bonchev–Trinajstić information content (AvgIpc) is 3.27. The number of ether oxygens (including phenoxy) is 3. The summed E-state index contributed by atoms with van der Waals surface area (Å²) in [5.41, 5.74) is 3.31. The summed E-state index contributed by atoms with van der Waals surface area (Å²) in [5.74, 6) is 1.57. The van der Waals surface area contributed by atoms with Crippen molar-refractivity contribution in [2.75, 3.05) is 25.6 Å². The number of carbonyl (C=O) groups is 1. The molecule has 1 aromatic heterocycles. The van der Waals surface area contributed by atoms with Gasteiger partial charge in [-0.2, -0.15) is 4.80 Å². The molecule has 10 heteroatoms.